The van der Waals surface area contributed by atoms with Crippen molar-refractivity contribution in [2.24, 2.45) is 5.92 Å². The standard InChI is InChI=1S/C9H17ClO2.C8H9NO2/c1-3-5-6-8(4-2)7-12-9(10)11;1-5-2-3-7(9)6(4-5)8(10)11/h8H,3-7H2,1-2H3;2-4H,9H2,1H3,(H,10,11). The van der Waals surface area contributed by atoms with Crippen LogP contribution in [0.3, 0.4) is 0 Å². The van der Waals surface area contributed by atoms with Gasteiger partial charge in [-0.1, -0.05) is 44.7 Å². The van der Waals surface area contributed by atoms with Gasteiger partial charge in [-0.15, -0.1) is 0 Å². The van der Waals surface area contributed by atoms with Crippen LogP contribution in [0.4, 0.5) is 10.5 Å². The molecule has 3 N–H and O–H groups in total. The Morgan fingerprint density at radius 1 is 1.35 bits per heavy atom. The van der Waals surface area contributed by atoms with Gasteiger partial charge < -0.3 is 15.6 Å². The van der Waals surface area contributed by atoms with Gasteiger partial charge in [-0.05, 0) is 31.4 Å². The van der Waals surface area contributed by atoms with Crippen LogP contribution in [-0.2, 0) is 4.74 Å². The fourth-order valence-corrected chi connectivity index (χ4v) is 2.00. The van der Waals surface area contributed by atoms with Crippen molar-refractivity contribution in [1.82, 2.24) is 0 Å². The number of hydrogen-bond donors (Lipinski definition) is 2. The predicted molar refractivity (Wildman–Crippen MR) is 93.1 cm³/mol. The van der Waals surface area contributed by atoms with Crippen LogP contribution in [0.5, 0.6) is 0 Å². The maximum Gasteiger partial charge on any atom is 0.403 e. The fourth-order valence-electron chi connectivity index (χ4n) is 1.94. The van der Waals surface area contributed by atoms with Crippen molar-refractivity contribution in [3.63, 3.8) is 0 Å². The molecule has 0 aliphatic carbocycles. The molecule has 1 rings (SSSR count). The van der Waals surface area contributed by atoms with Crippen LogP contribution in [0.1, 0.15) is 55.5 Å². The third-order valence-corrected chi connectivity index (χ3v) is 3.52. The van der Waals surface area contributed by atoms with Gasteiger partial charge in [0.15, 0.2) is 0 Å². The molecule has 0 radical (unpaired) electrons. The molecule has 6 heteroatoms. The summed E-state index contributed by atoms with van der Waals surface area (Å²) in [4.78, 5) is 20.8. The summed E-state index contributed by atoms with van der Waals surface area (Å²) in [6.07, 6.45) is 4.55. The minimum atomic E-state index is -0.980. The Labute approximate surface area is 142 Å². The van der Waals surface area contributed by atoms with Crippen LogP contribution >= 0.6 is 11.6 Å². The van der Waals surface area contributed by atoms with Crippen LogP contribution in [0, 0.1) is 12.8 Å². The highest BCUT2D eigenvalue weighted by atomic mass is 35.5. The Hall–Kier alpha value is -1.75. The molecule has 0 spiro atoms. The molecule has 5 nitrogen and oxygen atoms in total. The smallest absolute Gasteiger partial charge is 0.403 e. The third-order valence-electron chi connectivity index (χ3n) is 3.41. The summed E-state index contributed by atoms with van der Waals surface area (Å²) in [5.41, 5.74) is 6.10. The monoisotopic (exact) mass is 343 g/mol. The van der Waals surface area contributed by atoms with Crippen molar-refractivity contribution < 1.29 is 19.4 Å². The highest BCUT2D eigenvalue weighted by molar-refractivity contribution is 6.61. The van der Waals surface area contributed by atoms with Crippen molar-refractivity contribution in [3.05, 3.63) is 29.3 Å². The minimum absolute atomic E-state index is 0.171. The summed E-state index contributed by atoms with van der Waals surface area (Å²) in [5.74, 6) is -0.501. The Bertz CT molecular complexity index is 505. The molecule has 1 aromatic rings. The topological polar surface area (TPSA) is 89.6 Å². The summed E-state index contributed by atoms with van der Waals surface area (Å²) >= 11 is 5.05. The van der Waals surface area contributed by atoms with Gasteiger partial charge in [-0.3, -0.25) is 0 Å². The first-order chi connectivity index (χ1) is 10.8. The highest BCUT2D eigenvalue weighted by Gasteiger charge is 2.08. The molecule has 1 aromatic carbocycles. The molecule has 0 bridgehead atoms. The van der Waals surface area contributed by atoms with E-state index in [1.807, 2.05) is 6.92 Å². The first kappa shape index (κ1) is 21.2. The number of rotatable bonds is 7. The average Bonchev–Trinajstić information content (AvgIpc) is 2.50. The third kappa shape index (κ3) is 9.79. The summed E-state index contributed by atoms with van der Waals surface area (Å²) in [6.45, 7) is 6.55. The quantitative estimate of drug-likeness (QED) is 0.545. The molecule has 0 aromatic heterocycles. The zero-order valence-corrected chi connectivity index (χ0v) is 14.7. The van der Waals surface area contributed by atoms with E-state index in [0.29, 0.717) is 18.2 Å². The van der Waals surface area contributed by atoms with Gasteiger partial charge in [0.2, 0.25) is 0 Å². The molecule has 23 heavy (non-hydrogen) atoms. The van der Waals surface area contributed by atoms with Crippen molar-refractivity contribution in [2.75, 3.05) is 12.3 Å². The molecule has 0 saturated carbocycles. The first-order valence-electron chi connectivity index (χ1n) is 7.73. The van der Waals surface area contributed by atoms with Gasteiger partial charge in [-0.25, -0.2) is 9.59 Å². The fraction of sp³-hybridized carbons (Fsp3) is 0.529. The summed E-state index contributed by atoms with van der Waals surface area (Å²) in [5, 5.41) is 8.61. The lowest BCUT2D eigenvalue weighted by molar-refractivity contribution is 0.0698. The Kier molecular flexibility index (Phi) is 10.9. The minimum Gasteiger partial charge on any atom is -0.478 e. The zero-order chi connectivity index (χ0) is 17.8. The van der Waals surface area contributed by atoms with E-state index in [4.69, 9.17) is 27.2 Å². The number of unbranched alkanes of at least 4 members (excludes halogenated alkanes) is 1. The number of aromatic carboxylic acids is 1. The lowest BCUT2D eigenvalue weighted by Crippen LogP contribution is -2.09. The van der Waals surface area contributed by atoms with Crippen molar-refractivity contribution >= 4 is 28.7 Å². The first-order valence-corrected chi connectivity index (χ1v) is 8.11. The second kappa shape index (κ2) is 11.8. The van der Waals surface area contributed by atoms with Crippen LogP contribution in [-0.4, -0.2) is 23.1 Å². The number of anilines is 1. The van der Waals surface area contributed by atoms with E-state index in [1.54, 1.807) is 18.2 Å². The van der Waals surface area contributed by atoms with Crippen molar-refractivity contribution in [3.8, 4) is 0 Å². The molecule has 0 amide bonds. The van der Waals surface area contributed by atoms with E-state index in [2.05, 4.69) is 13.8 Å². The van der Waals surface area contributed by atoms with Gasteiger partial charge in [0.1, 0.15) is 0 Å². The van der Waals surface area contributed by atoms with Crippen molar-refractivity contribution in [1.29, 1.82) is 0 Å². The Morgan fingerprint density at radius 3 is 2.43 bits per heavy atom. The lowest BCUT2D eigenvalue weighted by Gasteiger charge is -2.12. The van der Waals surface area contributed by atoms with Crippen LogP contribution in [0.25, 0.3) is 0 Å². The number of aryl methyl sites for hydroxylation is 1. The average molecular weight is 344 g/mol. The van der Waals surface area contributed by atoms with Gasteiger partial charge >= 0.3 is 11.4 Å². The van der Waals surface area contributed by atoms with Gasteiger partial charge in [0.25, 0.3) is 0 Å². The molecule has 0 fully saturated rings. The molecular formula is C17H26ClNO4. The molecular weight excluding hydrogens is 318 g/mol. The second-order valence-electron chi connectivity index (χ2n) is 5.36. The largest absolute Gasteiger partial charge is 0.478 e. The molecule has 1 unspecified atom stereocenters. The number of carboxylic acids is 1. The number of carboxylic acid groups (broad SMARTS) is 1. The van der Waals surface area contributed by atoms with Crippen LogP contribution in [0.15, 0.2) is 18.2 Å². The Balaban J connectivity index is 0.000000422. The van der Waals surface area contributed by atoms with E-state index in [1.165, 1.54) is 12.8 Å². The molecule has 1 atom stereocenters. The van der Waals surface area contributed by atoms with Gasteiger partial charge in [0.05, 0.1) is 12.2 Å². The van der Waals surface area contributed by atoms with Gasteiger partial charge in [0, 0.05) is 17.3 Å². The summed E-state index contributed by atoms with van der Waals surface area (Å²) in [7, 11) is 0. The summed E-state index contributed by atoms with van der Waals surface area (Å²) in [6, 6.07) is 4.93. The highest BCUT2D eigenvalue weighted by Crippen LogP contribution is 2.13. The maximum absolute atomic E-state index is 10.5. The zero-order valence-electron chi connectivity index (χ0n) is 14.0. The number of carbonyl (C=O) groups is 2. The molecule has 130 valence electrons. The molecule has 0 saturated heterocycles. The van der Waals surface area contributed by atoms with E-state index in [-0.39, 0.29) is 5.56 Å². The maximum atomic E-state index is 10.5. The summed E-state index contributed by atoms with van der Waals surface area (Å²) < 4.78 is 4.72. The lowest BCUT2D eigenvalue weighted by atomic mass is 10.0. The molecule has 0 aliphatic rings. The number of carbonyl (C=O) groups excluding carboxylic acids is 1. The van der Waals surface area contributed by atoms with Gasteiger partial charge in [-0.2, -0.15) is 0 Å². The molecule has 0 aliphatic heterocycles. The number of hydrogen-bond acceptors (Lipinski definition) is 4. The van der Waals surface area contributed by atoms with Crippen molar-refractivity contribution in [2.45, 2.75) is 46.5 Å². The van der Waals surface area contributed by atoms with Crippen LogP contribution < -0.4 is 5.73 Å². The van der Waals surface area contributed by atoms with E-state index >= 15 is 0 Å². The number of benzene rings is 1. The number of halogens is 1. The molecule has 0 heterocycles. The second-order valence-corrected chi connectivity index (χ2v) is 5.67. The van der Waals surface area contributed by atoms with Crippen LogP contribution in [0.2, 0.25) is 0 Å². The number of nitrogen functional groups attached to an aromatic ring is 1. The normalized spacial score (nSPS) is 11.1. The predicted octanol–water partition coefficient (Wildman–Crippen LogP) is 4.85. The number of nitrogens with two attached hydrogens (primary N) is 1. The van der Waals surface area contributed by atoms with E-state index in [9.17, 15) is 9.59 Å². The number of ether oxygens (including phenoxy) is 1. The SMILES string of the molecule is CCCCC(CC)COC(=O)Cl.Cc1ccc(N)c(C(=O)O)c1. The van der Waals surface area contributed by atoms with E-state index in [0.717, 1.165) is 18.4 Å². The Morgan fingerprint density at radius 2 is 2.00 bits per heavy atom. The van der Waals surface area contributed by atoms with E-state index < -0.39 is 11.4 Å².